The summed E-state index contributed by atoms with van der Waals surface area (Å²) < 4.78 is 10.4. The molecule has 0 saturated heterocycles. The molecule has 1 aromatic heterocycles. The van der Waals surface area contributed by atoms with Gasteiger partial charge in [-0.15, -0.1) is 0 Å². The number of amides is 1. The first-order chi connectivity index (χ1) is 10.1. The minimum Gasteiger partial charge on any atom is -0.483 e. The third-order valence-corrected chi connectivity index (χ3v) is 2.83. The van der Waals surface area contributed by atoms with Gasteiger partial charge in [-0.05, 0) is 30.7 Å². The van der Waals surface area contributed by atoms with Gasteiger partial charge in [0.1, 0.15) is 17.1 Å². The predicted molar refractivity (Wildman–Crippen MR) is 74.2 cm³/mol. The van der Waals surface area contributed by atoms with Gasteiger partial charge < -0.3 is 19.6 Å². The highest BCUT2D eigenvalue weighted by atomic mass is 16.5. The summed E-state index contributed by atoms with van der Waals surface area (Å²) in [6.45, 7) is 1.73. The molecule has 0 unspecified atom stereocenters. The molecule has 0 radical (unpaired) electrons. The summed E-state index contributed by atoms with van der Waals surface area (Å²) in [6, 6.07) is 8.26. The van der Waals surface area contributed by atoms with Gasteiger partial charge in [0.05, 0.1) is 12.8 Å². The van der Waals surface area contributed by atoms with E-state index in [0.717, 1.165) is 0 Å². The molecule has 6 heteroatoms. The summed E-state index contributed by atoms with van der Waals surface area (Å²) in [4.78, 5) is 22.8. The lowest BCUT2D eigenvalue weighted by Gasteiger charge is -2.11. The van der Waals surface area contributed by atoms with Crippen LogP contribution in [-0.2, 0) is 11.3 Å². The van der Waals surface area contributed by atoms with Gasteiger partial charge in [-0.3, -0.25) is 4.79 Å². The summed E-state index contributed by atoms with van der Waals surface area (Å²) in [7, 11) is 0. The smallest absolute Gasteiger partial charge is 0.339 e. The second kappa shape index (κ2) is 6.60. The molecular weight excluding hydrogens is 274 g/mol. The molecule has 110 valence electrons. The molecule has 1 amide bonds. The minimum atomic E-state index is -1.09. The van der Waals surface area contributed by atoms with E-state index in [4.69, 9.17) is 14.3 Å². The third kappa shape index (κ3) is 3.85. The van der Waals surface area contributed by atoms with E-state index in [1.54, 1.807) is 31.2 Å². The number of furan rings is 1. The van der Waals surface area contributed by atoms with Gasteiger partial charge in [0.25, 0.3) is 5.91 Å². The van der Waals surface area contributed by atoms with Crippen LogP contribution >= 0.6 is 0 Å². The van der Waals surface area contributed by atoms with Crippen LogP contribution in [0.3, 0.4) is 0 Å². The van der Waals surface area contributed by atoms with Gasteiger partial charge in [0.15, 0.2) is 6.61 Å². The van der Waals surface area contributed by atoms with Gasteiger partial charge >= 0.3 is 5.97 Å². The summed E-state index contributed by atoms with van der Waals surface area (Å²) in [5.41, 5.74) is 0.697. The van der Waals surface area contributed by atoms with Crippen molar-refractivity contribution in [2.75, 3.05) is 6.61 Å². The molecule has 1 heterocycles. The Morgan fingerprint density at radius 3 is 2.76 bits per heavy atom. The quantitative estimate of drug-likeness (QED) is 0.848. The molecule has 0 spiro atoms. The largest absolute Gasteiger partial charge is 0.483 e. The topological polar surface area (TPSA) is 88.8 Å². The SMILES string of the molecule is Cc1cccc(C(=O)O)c1OCC(=O)NCc1ccco1. The fourth-order valence-electron chi connectivity index (χ4n) is 1.80. The number of hydrogen-bond donors (Lipinski definition) is 2. The molecule has 0 atom stereocenters. The molecule has 0 aliphatic heterocycles. The first-order valence-corrected chi connectivity index (χ1v) is 6.32. The van der Waals surface area contributed by atoms with Crippen LogP contribution in [0, 0.1) is 6.92 Å². The summed E-state index contributed by atoms with van der Waals surface area (Å²) in [6.07, 6.45) is 1.52. The summed E-state index contributed by atoms with van der Waals surface area (Å²) >= 11 is 0. The summed E-state index contributed by atoms with van der Waals surface area (Å²) in [5.74, 6) is -0.612. The number of rotatable bonds is 6. The van der Waals surface area contributed by atoms with E-state index in [2.05, 4.69) is 5.32 Å². The van der Waals surface area contributed by atoms with Crippen LogP contribution in [0.15, 0.2) is 41.0 Å². The Hall–Kier alpha value is -2.76. The van der Waals surface area contributed by atoms with Crippen LogP contribution in [0.5, 0.6) is 5.75 Å². The maximum absolute atomic E-state index is 11.7. The van der Waals surface area contributed by atoms with Crippen molar-refractivity contribution < 1.29 is 23.8 Å². The lowest BCUT2D eigenvalue weighted by molar-refractivity contribution is -0.123. The maximum atomic E-state index is 11.7. The van der Waals surface area contributed by atoms with Crippen LogP contribution in [0.25, 0.3) is 0 Å². The Labute approximate surface area is 121 Å². The standard InChI is InChI=1S/C15H15NO5/c1-10-4-2-6-12(15(18)19)14(10)21-9-13(17)16-8-11-5-3-7-20-11/h2-7H,8-9H2,1H3,(H,16,17)(H,18,19). The Balaban J connectivity index is 1.93. The Kier molecular flexibility index (Phi) is 4.61. The predicted octanol–water partition coefficient (Wildman–Crippen LogP) is 1.98. The first-order valence-electron chi connectivity index (χ1n) is 6.32. The van der Waals surface area contributed by atoms with Gasteiger partial charge in [-0.2, -0.15) is 0 Å². The Morgan fingerprint density at radius 1 is 1.29 bits per heavy atom. The minimum absolute atomic E-state index is 0.0360. The van der Waals surface area contributed by atoms with Crippen LogP contribution in [-0.4, -0.2) is 23.6 Å². The van der Waals surface area contributed by atoms with Gasteiger partial charge in [0, 0.05) is 0 Å². The Bertz CT molecular complexity index is 634. The van der Waals surface area contributed by atoms with Gasteiger partial charge in [-0.25, -0.2) is 4.79 Å². The third-order valence-electron chi connectivity index (χ3n) is 2.83. The molecule has 6 nitrogen and oxygen atoms in total. The first kappa shape index (κ1) is 14.6. The van der Waals surface area contributed by atoms with E-state index in [0.29, 0.717) is 11.3 Å². The Morgan fingerprint density at radius 2 is 2.10 bits per heavy atom. The van der Waals surface area contributed by atoms with Crippen LogP contribution < -0.4 is 10.1 Å². The number of para-hydroxylation sites is 1. The number of carboxylic acid groups (broad SMARTS) is 1. The van der Waals surface area contributed by atoms with Crippen molar-refractivity contribution >= 4 is 11.9 Å². The molecule has 0 bridgehead atoms. The van der Waals surface area contributed by atoms with Crippen molar-refractivity contribution in [2.45, 2.75) is 13.5 Å². The van der Waals surface area contributed by atoms with Gasteiger partial charge in [-0.1, -0.05) is 12.1 Å². The van der Waals surface area contributed by atoms with Crippen LogP contribution in [0.1, 0.15) is 21.7 Å². The highest BCUT2D eigenvalue weighted by Gasteiger charge is 2.14. The van der Waals surface area contributed by atoms with E-state index < -0.39 is 5.97 Å². The van der Waals surface area contributed by atoms with Crippen molar-refractivity contribution in [1.82, 2.24) is 5.32 Å². The molecule has 1 aromatic carbocycles. The summed E-state index contributed by atoms with van der Waals surface area (Å²) in [5, 5.41) is 11.7. The van der Waals surface area contributed by atoms with Crippen LogP contribution in [0.4, 0.5) is 0 Å². The number of carbonyl (C=O) groups excluding carboxylic acids is 1. The normalized spacial score (nSPS) is 10.1. The van der Waals surface area contributed by atoms with Crippen LogP contribution in [0.2, 0.25) is 0 Å². The zero-order valence-electron chi connectivity index (χ0n) is 11.5. The van der Waals surface area contributed by atoms with Crippen molar-refractivity contribution in [3.8, 4) is 5.75 Å². The molecule has 2 N–H and O–H groups in total. The van der Waals surface area contributed by atoms with E-state index in [1.807, 2.05) is 0 Å². The zero-order chi connectivity index (χ0) is 15.2. The molecule has 0 fully saturated rings. The number of nitrogens with one attached hydrogen (secondary N) is 1. The number of carbonyl (C=O) groups is 2. The number of aryl methyl sites for hydroxylation is 1. The second-order valence-corrected chi connectivity index (χ2v) is 4.40. The molecule has 21 heavy (non-hydrogen) atoms. The van der Waals surface area contributed by atoms with Crippen molar-refractivity contribution in [2.24, 2.45) is 0 Å². The van der Waals surface area contributed by atoms with E-state index in [9.17, 15) is 9.59 Å². The molecule has 0 aliphatic carbocycles. The molecular formula is C15H15NO5. The average Bonchev–Trinajstić information content (AvgIpc) is 2.96. The monoisotopic (exact) mass is 289 g/mol. The number of hydrogen-bond acceptors (Lipinski definition) is 4. The molecule has 0 saturated carbocycles. The number of aromatic carboxylic acids is 1. The lowest BCUT2D eigenvalue weighted by atomic mass is 10.1. The fourth-order valence-corrected chi connectivity index (χ4v) is 1.80. The van der Waals surface area contributed by atoms with E-state index >= 15 is 0 Å². The second-order valence-electron chi connectivity index (χ2n) is 4.40. The van der Waals surface area contributed by atoms with E-state index in [1.165, 1.54) is 12.3 Å². The fraction of sp³-hybridized carbons (Fsp3) is 0.200. The average molecular weight is 289 g/mol. The maximum Gasteiger partial charge on any atom is 0.339 e. The highest BCUT2D eigenvalue weighted by Crippen LogP contribution is 2.23. The zero-order valence-corrected chi connectivity index (χ0v) is 11.5. The molecule has 0 aliphatic rings. The molecule has 2 aromatic rings. The molecule has 2 rings (SSSR count). The number of benzene rings is 1. The number of ether oxygens (including phenoxy) is 1. The van der Waals surface area contributed by atoms with Crippen molar-refractivity contribution in [1.29, 1.82) is 0 Å². The van der Waals surface area contributed by atoms with Crippen molar-refractivity contribution in [3.63, 3.8) is 0 Å². The lowest BCUT2D eigenvalue weighted by Crippen LogP contribution is -2.28. The highest BCUT2D eigenvalue weighted by molar-refractivity contribution is 5.91. The van der Waals surface area contributed by atoms with E-state index in [-0.39, 0.29) is 30.4 Å². The van der Waals surface area contributed by atoms with Gasteiger partial charge in [0.2, 0.25) is 0 Å². The number of carboxylic acids is 1. The van der Waals surface area contributed by atoms with Crippen molar-refractivity contribution in [3.05, 3.63) is 53.5 Å².